The maximum atomic E-state index is 11.6. The van der Waals surface area contributed by atoms with Crippen molar-refractivity contribution in [2.75, 3.05) is 45.7 Å². The number of nitrogens with zero attached hydrogens (tertiary/aromatic N) is 2. The van der Waals surface area contributed by atoms with Gasteiger partial charge in [-0.2, -0.15) is 0 Å². The van der Waals surface area contributed by atoms with E-state index in [1.807, 2.05) is 20.2 Å². The van der Waals surface area contributed by atoms with Crippen LogP contribution in [0.15, 0.2) is 54.8 Å². The Labute approximate surface area is 159 Å². The molecule has 0 spiro atoms. The molecular weight excluding hydrogens is 346 g/mol. The second-order valence-corrected chi connectivity index (χ2v) is 6.19. The number of nitrogens with one attached hydrogen (secondary N) is 1. The quantitative estimate of drug-likeness (QED) is 0.513. The maximum absolute atomic E-state index is 11.6. The molecule has 0 aliphatic carbocycles. The van der Waals surface area contributed by atoms with Crippen LogP contribution in [0.25, 0.3) is 0 Å². The van der Waals surface area contributed by atoms with Crippen LogP contribution < -0.4 is 10.2 Å². The minimum absolute atomic E-state index is 0.258. The summed E-state index contributed by atoms with van der Waals surface area (Å²) in [5, 5.41) is 21.8. The molecular formula is C20H27N3O4. The molecule has 0 saturated carbocycles. The Morgan fingerprint density at radius 1 is 1.15 bits per heavy atom. The van der Waals surface area contributed by atoms with Crippen LogP contribution in [0.3, 0.4) is 0 Å². The summed E-state index contributed by atoms with van der Waals surface area (Å²) >= 11 is 0. The molecule has 0 aromatic heterocycles. The second-order valence-electron chi connectivity index (χ2n) is 6.19. The molecule has 0 unspecified atom stereocenters. The first-order valence-corrected chi connectivity index (χ1v) is 8.40. The van der Waals surface area contributed by atoms with Gasteiger partial charge in [0.2, 0.25) is 0 Å². The number of anilines is 1. The van der Waals surface area contributed by atoms with E-state index in [0.29, 0.717) is 12.2 Å². The number of likely N-dealkylation sites (N-methyl/N-ethyl adjacent to an activating group) is 3. The Kier molecular flexibility index (Phi) is 8.44. The van der Waals surface area contributed by atoms with E-state index in [1.54, 1.807) is 24.1 Å². The number of carboxylic acids is 2. The molecule has 0 radical (unpaired) electrons. The van der Waals surface area contributed by atoms with Gasteiger partial charge in [-0.15, -0.1) is 0 Å². The lowest BCUT2D eigenvalue weighted by molar-refractivity contribution is 0.0652. The van der Waals surface area contributed by atoms with Crippen LogP contribution in [0.2, 0.25) is 0 Å². The Balaban J connectivity index is 2.94. The van der Waals surface area contributed by atoms with Crippen LogP contribution in [0, 0.1) is 0 Å². The van der Waals surface area contributed by atoms with Crippen molar-refractivity contribution in [1.29, 1.82) is 0 Å². The van der Waals surface area contributed by atoms with Gasteiger partial charge in [0, 0.05) is 32.4 Å². The van der Waals surface area contributed by atoms with Crippen LogP contribution in [0.4, 0.5) is 5.69 Å². The summed E-state index contributed by atoms with van der Waals surface area (Å²) in [7, 11) is 5.53. The van der Waals surface area contributed by atoms with Gasteiger partial charge in [0.1, 0.15) is 0 Å². The largest absolute Gasteiger partial charge is 0.478 e. The lowest BCUT2D eigenvalue weighted by Gasteiger charge is -2.22. The highest BCUT2D eigenvalue weighted by Crippen LogP contribution is 2.26. The van der Waals surface area contributed by atoms with Gasteiger partial charge in [0.05, 0.1) is 16.8 Å². The first kappa shape index (κ1) is 22.1. The molecule has 0 aliphatic rings. The molecule has 0 amide bonds. The molecule has 1 rings (SSSR count). The number of carboxylic acid groups (broad SMARTS) is 2. The van der Waals surface area contributed by atoms with E-state index in [-0.39, 0.29) is 16.8 Å². The van der Waals surface area contributed by atoms with E-state index >= 15 is 0 Å². The molecule has 27 heavy (non-hydrogen) atoms. The molecule has 0 saturated heterocycles. The molecule has 7 heteroatoms. The van der Waals surface area contributed by atoms with Gasteiger partial charge < -0.3 is 25.3 Å². The van der Waals surface area contributed by atoms with Crippen molar-refractivity contribution in [1.82, 2.24) is 10.2 Å². The van der Waals surface area contributed by atoms with Gasteiger partial charge >= 0.3 is 11.9 Å². The summed E-state index contributed by atoms with van der Waals surface area (Å²) in [4.78, 5) is 26.6. The number of hydrogen-bond acceptors (Lipinski definition) is 5. The second kappa shape index (κ2) is 10.3. The normalized spacial score (nSPS) is 11.0. The van der Waals surface area contributed by atoms with Crippen LogP contribution >= 0.6 is 0 Å². The van der Waals surface area contributed by atoms with E-state index in [1.165, 1.54) is 12.1 Å². The minimum Gasteiger partial charge on any atom is -0.478 e. The molecule has 1 aromatic rings. The fourth-order valence-corrected chi connectivity index (χ4v) is 2.48. The molecule has 7 nitrogen and oxygen atoms in total. The molecule has 1 aromatic carbocycles. The Morgan fingerprint density at radius 2 is 1.81 bits per heavy atom. The Morgan fingerprint density at radius 3 is 2.37 bits per heavy atom. The number of hydrogen-bond donors (Lipinski definition) is 3. The average Bonchev–Trinajstić information content (AvgIpc) is 2.62. The first-order valence-electron chi connectivity index (χ1n) is 8.40. The summed E-state index contributed by atoms with van der Waals surface area (Å²) in [6.07, 6.45) is 3.55. The summed E-state index contributed by atoms with van der Waals surface area (Å²) < 4.78 is 0. The van der Waals surface area contributed by atoms with Gasteiger partial charge in [0.15, 0.2) is 0 Å². The van der Waals surface area contributed by atoms with E-state index in [4.69, 9.17) is 0 Å². The topological polar surface area (TPSA) is 93.1 Å². The molecule has 0 aliphatic heterocycles. The van der Waals surface area contributed by atoms with E-state index in [2.05, 4.69) is 23.4 Å². The predicted octanol–water partition coefficient (Wildman–Crippen LogP) is 2.30. The van der Waals surface area contributed by atoms with Gasteiger partial charge in [-0.05, 0) is 37.9 Å². The molecule has 146 valence electrons. The number of carbonyl (C=O) groups is 2. The van der Waals surface area contributed by atoms with Crippen LogP contribution in [-0.4, -0.2) is 67.8 Å². The van der Waals surface area contributed by atoms with Crippen LogP contribution in [0.1, 0.15) is 20.7 Å². The fraction of sp³-hybridized carbons (Fsp3) is 0.300. The summed E-state index contributed by atoms with van der Waals surface area (Å²) in [6, 6.07) is 4.33. The zero-order valence-corrected chi connectivity index (χ0v) is 16.0. The summed E-state index contributed by atoms with van der Waals surface area (Å²) in [5.74, 6) is -2.59. The van der Waals surface area contributed by atoms with Gasteiger partial charge in [-0.1, -0.05) is 25.3 Å². The lowest BCUT2D eigenvalue weighted by Crippen LogP contribution is -2.28. The van der Waals surface area contributed by atoms with Crippen molar-refractivity contribution in [2.45, 2.75) is 0 Å². The van der Waals surface area contributed by atoms with Crippen molar-refractivity contribution >= 4 is 17.6 Å². The minimum atomic E-state index is -1.30. The maximum Gasteiger partial charge on any atom is 0.338 e. The summed E-state index contributed by atoms with van der Waals surface area (Å²) in [6.45, 7) is 10.4. The van der Waals surface area contributed by atoms with Crippen LogP contribution in [0.5, 0.6) is 0 Å². The van der Waals surface area contributed by atoms with Gasteiger partial charge in [0.25, 0.3) is 0 Å². The number of benzene rings is 1. The third-order valence-corrected chi connectivity index (χ3v) is 4.01. The predicted molar refractivity (Wildman–Crippen MR) is 108 cm³/mol. The lowest BCUT2D eigenvalue weighted by atomic mass is 10.0. The standard InChI is InChI=1S/C20H27N3O4/c1-14(13-22(4)12-11-21-3)9-10-15(2)23(5)17-8-6-7-16(19(24)25)18(17)20(26)27/h6-10,21H,1-2,11-13H2,3-5H3,(H,24,25)(H,26,27)/b10-9-. The van der Waals surface area contributed by atoms with Crippen LogP contribution in [-0.2, 0) is 0 Å². The number of rotatable bonds is 11. The Hall–Kier alpha value is -2.90. The monoisotopic (exact) mass is 373 g/mol. The van der Waals surface area contributed by atoms with E-state index < -0.39 is 11.9 Å². The smallest absolute Gasteiger partial charge is 0.338 e. The zero-order valence-electron chi connectivity index (χ0n) is 16.0. The van der Waals surface area contributed by atoms with Crippen molar-refractivity contribution in [3.63, 3.8) is 0 Å². The number of allylic oxidation sites excluding steroid dienone is 1. The SMILES string of the molecule is C=C(/C=C\C(=C)N(C)c1cccc(C(=O)O)c1C(=O)O)CN(C)CCNC. The molecule has 0 atom stereocenters. The van der Waals surface area contributed by atoms with Crippen molar-refractivity contribution < 1.29 is 19.8 Å². The van der Waals surface area contributed by atoms with Crippen molar-refractivity contribution in [3.8, 4) is 0 Å². The van der Waals surface area contributed by atoms with E-state index in [0.717, 1.165) is 18.7 Å². The highest BCUT2D eigenvalue weighted by atomic mass is 16.4. The first-order chi connectivity index (χ1) is 12.7. The summed E-state index contributed by atoms with van der Waals surface area (Å²) in [5.41, 5.74) is 1.11. The molecule has 3 N–H and O–H groups in total. The van der Waals surface area contributed by atoms with Crippen molar-refractivity contribution in [3.05, 3.63) is 65.9 Å². The third kappa shape index (κ3) is 6.40. The number of aromatic carboxylic acids is 2. The highest BCUT2D eigenvalue weighted by molar-refractivity contribution is 6.06. The molecule has 0 bridgehead atoms. The third-order valence-electron chi connectivity index (χ3n) is 4.01. The van der Waals surface area contributed by atoms with E-state index in [9.17, 15) is 19.8 Å². The molecule has 0 heterocycles. The average molecular weight is 373 g/mol. The van der Waals surface area contributed by atoms with Gasteiger partial charge in [-0.3, -0.25) is 0 Å². The van der Waals surface area contributed by atoms with Crippen molar-refractivity contribution in [2.24, 2.45) is 0 Å². The molecule has 0 fully saturated rings. The van der Waals surface area contributed by atoms with Gasteiger partial charge in [-0.25, -0.2) is 9.59 Å². The zero-order chi connectivity index (χ0) is 20.6. The highest BCUT2D eigenvalue weighted by Gasteiger charge is 2.22. The fourth-order valence-electron chi connectivity index (χ4n) is 2.48. The Bertz CT molecular complexity index is 756.